The molecule has 112 valence electrons. The van der Waals surface area contributed by atoms with E-state index < -0.39 is 5.82 Å². The van der Waals surface area contributed by atoms with E-state index in [1.165, 1.54) is 12.1 Å². The van der Waals surface area contributed by atoms with Gasteiger partial charge in [-0.25, -0.2) is 4.39 Å². The predicted octanol–water partition coefficient (Wildman–Crippen LogP) is 5.23. The number of halogens is 3. The first-order valence-corrected chi connectivity index (χ1v) is 7.71. The molecule has 1 unspecified atom stereocenters. The molecule has 1 atom stereocenters. The molecule has 0 spiro atoms. The highest BCUT2D eigenvalue weighted by molar-refractivity contribution is 9.10. The fourth-order valence-electron chi connectivity index (χ4n) is 2.02. The number of nitrogens with two attached hydrogens (primary N) is 1. The highest BCUT2D eigenvalue weighted by atomic mass is 79.9. The van der Waals surface area contributed by atoms with E-state index in [9.17, 15) is 4.39 Å². The molecule has 0 aromatic heterocycles. The first-order chi connectivity index (χ1) is 9.86. The van der Waals surface area contributed by atoms with Crippen molar-refractivity contribution < 1.29 is 9.13 Å². The summed E-state index contributed by atoms with van der Waals surface area (Å²) in [5, 5.41) is 0.0499. The molecule has 2 N–H and O–H groups in total. The highest BCUT2D eigenvalue weighted by Gasteiger charge is 2.12. The maximum atomic E-state index is 13.6. The van der Waals surface area contributed by atoms with Crippen LogP contribution < -0.4 is 10.5 Å². The van der Waals surface area contributed by atoms with Crippen LogP contribution in [0, 0.1) is 12.7 Å². The van der Waals surface area contributed by atoms with Crippen LogP contribution >= 0.6 is 27.5 Å². The smallest absolute Gasteiger partial charge is 0.145 e. The van der Waals surface area contributed by atoms with Crippen molar-refractivity contribution in [3.63, 3.8) is 0 Å². The van der Waals surface area contributed by atoms with Gasteiger partial charge < -0.3 is 10.5 Å². The molecule has 0 aliphatic carbocycles. The van der Waals surface area contributed by atoms with E-state index in [0.29, 0.717) is 22.4 Å². The van der Waals surface area contributed by atoms with Crippen molar-refractivity contribution in [3.8, 4) is 11.5 Å². The van der Waals surface area contributed by atoms with Crippen LogP contribution in [-0.4, -0.2) is 6.04 Å². The summed E-state index contributed by atoms with van der Waals surface area (Å²) in [4.78, 5) is 0. The van der Waals surface area contributed by atoms with Crippen molar-refractivity contribution in [3.05, 3.63) is 56.8 Å². The summed E-state index contributed by atoms with van der Waals surface area (Å²) < 4.78 is 20.0. The van der Waals surface area contributed by atoms with Crippen LogP contribution in [0.25, 0.3) is 0 Å². The Morgan fingerprint density at radius 1 is 1.29 bits per heavy atom. The number of rotatable bonds is 4. The van der Waals surface area contributed by atoms with Gasteiger partial charge >= 0.3 is 0 Å². The second kappa shape index (κ2) is 6.77. The lowest BCUT2D eigenvalue weighted by molar-refractivity contribution is 0.465. The number of hydrogen-bond donors (Lipinski definition) is 1. The fraction of sp³-hybridized carbons (Fsp3) is 0.250. The molecule has 0 amide bonds. The van der Waals surface area contributed by atoms with E-state index in [-0.39, 0.29) is 11.1 Å². The molecule has 0 fully saturated rings. The van der Waals surface area contributed by atoms with Gasteiger partial charge in [0.05, 0.1) is 9.50 Å². The fourth-order valence-corrected chi connectivity index (χ4v) is 2.73. The molecule has 0 saturated heterocycles. The summed E-state index contributed by atoms with van der Waals surface area (Å²) in [5.74, 6) is 0.530. The van der Waals surface area contributed by atoms with E-state index in [4.69, 9.17) is 22.1 Å². The lowest BCUT2D eigenvalue weighted by Crippen LogP contribution is -2.18. The van der Waals surface area contributed by atoms with Crippen LogP contribution in [0.4, 0.5) is 4.39 Å². The summed E-state index contributed by atoms with van der Waals surface area (Å²) in [5.41, 5.74) is 7.99. The molecule has 2 rings (SSSR count). The Kier molecular flexibility index (Phi) is 5.25. The third-order valence-electron chi connectivity index (χ3n) is 2.95. The summed E-state index contributed by atoms with van der Waals surface area (Å²) >= 11 is 9.06. The maximum absolute atomic E-state index is 13.6. The molecule has 21 heavy (non-hydrogen) atoms. The molecule has 0 bridgehead atoms. The third kappa shape index (κ3) is 4.19. The van der Waals surface area contributed by atoms with Crippen molar-refractivity contribution in [2.24, 2.45) is 5.73 Å². The van der Waals surface area contributed by atoms with Crippen molar-refractivity contribution in [2.45, 2.75) is 26.3 Å². The van der Waals surface area contributed by atoms with E-state index in [2.05, 4.69) is 15.9 Å². The van der Waals surface area contributed by atoms with Crippen LogP contribution in [0.1, 0.15) is 18.1 Å². The summed E-state index contributed by atoms with van der Waals surface area (Å²) in [6.07, 6.45) is 0.685. The van der Waals surface area contributed by atoms with Crippen LogP contribution in [0.15, 0.2) is 34.8 Å². The van der Waals surface area contributed by atoms with E-state index in [1.807, 2.05) is 32.0 Å². The van der Waals surface area contributed by atoms with E-state index in [0.717, 1.165) is 11.1 Å². The number of ether oxygens (including phenoxy) is 1. The first-order valence-electron chi connectivity index (χ1n) is 6.54. The molecule has 2 aromatic rings. The van der Waals surface area contributed by atoms with Crippen molar-refractivity contribution >= 4 is 27.5 Å². The Morgan fingerprint density at radius 2 is 2.00 bits per heavy atom. The van der Waals surface area contributed by atoms with Gasteiger partial charge in [-0.15, -0.1) is 0 Å². The van der Waals surface area contributed by atoms with Gasteiger partial charge in [0.1, 0.15) is 17.3 Å². The molecule has 0 saturated carbocycles. The third-order valence-corrected chi connectivity index (χ3v) is 3.86. The van der Waals surface area contributed by atoms with Gasteiger partial charge in [0.15, 0.2) is 0 Å². The Bertz CT molecular complexity index is 661. The molecule has 0 aliphatic heterocycles. The predicted molar refractivity (Wildman–Crippen MR) is 87.7 cm³/mol. The number of benzene rings is 2. The largest absolute Gasteiger partial charge is 0.456 e. The van der Waals surface area contributed by atoms with Gasteiger partial charge in [0.25, 0.3) is 0 Å². The molecule has 0 aliphatic rings. The minimum atomic E-state index is -0.518. The first kappa shape index (κ1) is 16.3. The molecule has 2 aromatic carbocycles. The van der Waals surface area contributed by atoms with Gasteiger partial charge in [-0.3, -0.25) is 0 Å². The minimum Gasteiger partial charge on any atom is -0.456 e. The molecule has 0 heterocycles. The topological polar surface area (TPSA) is 35.2 Å². The molecular formula is C16H16BrClFNO. The van der Waals surface area contributed by atoms with Crippen LogP contribution in [0.5, 0.6) is 11.5 Å². The molecule has 5 heteroatoms. The molecule has 0 radical (unpaired) electrons. The SMILES string of the molecule is Cc1ccc(Oc2cc(F)c(Cl)cc2Br)c(CC(C)N)c1. The zero-order valence-corrected chi connectivity index (χ0v) is 14.1. The lowest BCUT2D eigenvalue weighted by atomic mass is 10.0. The van der Waals surface area contributed by atoms with Crippen LogP contribution in [-0.2, 0) is 6.42 Å². The lowest BCUT2D eigenvalue weighted by Gasteiger charge is -2.15. The van der Waals surface area contributed by atoms with Crippen LogP contribution in [0.2, 0.25) is 5.02 Å². The van der Waals surface area contributed by atoms with Gasteiger partial charge in [0.2, 0.25) is 0 Å². The van der Waals surface area contributed by atoms with E-state index in [1.54, 1.807) is 0 Å². The highest BCUT2D eigenvalue weighted by Crippen LogP contribution is 2.35. The monoisotopic (exact) mass is 371 g/mol. The van der Waals surface area contributed by atoms with E-state index >= 15 is 0 Å². The molecule has 2 nitrogen and oxygen atoms in total. The zero-order valence-electron chi connectivity index (χ0n) is 11.8. The normalized spacial score (nSPS) is 12.3. The second-order valence-electron chi connectivity index (χ2n) is 5.09. The average molecular weight is 373 g/mol. The van der Waals surface area contributed by atoms with Crippen LogP contribution in [0.3, 0.4) is 0 Å². The average Bonchev–Trinajstić information content (AvgIpc) is 2.38. The Hall–Kier alpha value is -1.10. The summed E-state index contributed by atoms with van der Waals surface area (Å²) in [6.45, 7) is 3.94. The van der Waals surface area contributed by atoms with Crippen molar-refractivity contribution in [1.29, 1.82) is 0 Å². The summed E-state index contributed by atoms with van der Waals surface area (Å²) in [6, 6.07) is 8.60. The Morgan fingerprint density at radius 3 is 2.67 bits per heavy atom. The Balaban J connectivity index is 2.37. The second-order valence-corrected chi connectivity index (χ2v) is 6.35. The summed E-state index contributed by atoms with van der Waals surface area (Å²) in [7, 11) is 0. The Labute approximate surface area is 137 Å². The maximum Gasteiger partial charge on any atom is 0.145 e. The number of aryl methyl sites for hydroxylation is 1. The van der Waals surface area contributed by atoms with Gasteiger partial charge in [-0.05, 0) is 53.9 Å². The van der Waals surface area contributed by atoms with Crippen molar-refractivity contribution in [2.75, 3.05) is 0 Å². The van der Waals surface area contributed by atoms with Gasteiger partial charge in [-0.1, -0.05) is 29.3 Å². The van der Waals surface area contributed by atoms with Crippen molar-refractivity contribution in [1.82, 2.24) is 0 Å². The standard InChI is InChI=1S/C16H16BrClFNO/c1-9-3-4-15(11(5-9)6-10(2)20)21-16-8-14(19)13(18)7-12(16)17/h3-5,7-8,10H,6,20H2,1-2H3. The number of hydrogen-bond acceptors (Lipinski definition) is 2. The quantitative estimate of drug-likeness (QED) is 0.746. The van der Waals surface area contributed by atoms with Gasteiger partial charge in [-0.2, -0.15) is 0 Å². The molecular weight excluding hydrogens is 357 g/mol. The van der Waals surface area contributed by atoms with Gasteiger partial charge in [0, 0.05) is 12.1 Å². The zero-order chi connectivity index (χ0) is 15.6. The minimum absolute atomic E-state index is 0.0135.